The first-order chi connectivity index (χ1) is 8.51. The number of hydrogen-bond acceptors (Lipinski definition) is 4. The molecule has 1 rings (SSSR count). The second kappa shape index (κ2) is 6.41. The van der Waals surface area contributed by atoms with E-state index in [9.17, 15) is 9.59 Å². The maximum atomic E-state index is 12.1. The summed E-state index contributed by atoms with van der Waals surface area (Å²) in [5.74, 6) is -0.121. The molecule has 0 bridgehead atoms. The van der Waals surface area contributed by atoms with E-state index in [1.807, 2.05) is 6.92 Å². The molecule has 0 aromatic carbocycles. The minimum absolute atomic E-state index is 0.153. The fourth-order valence-electron chi connectivity index (χ4n) is 2.61. The van der Waals surface area contributed by atoms with Crippen molar-refractivity contribution in [3.05, 3.63) is 0 Å². The molecule has 1 fully saturated rings. The molecule has 0 heterocycles. The number of rotatable bonds is 5. The predicted octanol–water partition coefficient (Wildman–Crippen LogP) is 2.38. The van der Waals surface area contributed by atoms with Crippen LogP contribution in [-0.2, 0) is 19.1 Å². The molecular formula is C13H21ClO4. The van der Waals surface area contributed by atoms with E-state index in [1.54, 1.807) is 13.8 Å². The van der Waals surface area contributed by atoms with E-state index in [0.717, 1.165) is 0 Å². The van der Waals surface area contributed by atoms with E-state index in [4.69, 9.17) is 21.1 Å². The first-order valence-corrected chi connectivity index (χ1v) is 6.95. The summed E-state index contributed by atoms with van der Waals surface area (Å²) in [6.07, 6.45) is 0.886. The average Bonchev–Trinajstić information content (AvgIpc) is 2.68. The van der Waals surface area contributed by atoms with Gasteiger partial charge in [-0.1, -0.05) is 6.92 Å². The van der Waals surface area contributed by atoms with Crippen LogP contribution in [0.15, 0.2) is 0 Å². The van der Waals surface area contributed by atoms with Gasteiger partial charge in [0.15, 0.2) is 5.41 Å². The Morgan fingerprint density at radius 1 is 1.17 bits per heavy atom. The number of carbonyl (C=O) groups is 2. The molecule has 1 aliphatic rings. The summed E-state index contributed by atoms with van der Waals surface area (Å²) in [6, 6.07) is 0. The number of carbonyl (C=O) groups excluding carboxylic acids is 2. The Hall–Kier alpha value is -0.770. The summed E-state index contributed by atoms with van der Waals surface area (Å²) in [5.41, 5.74) is -1.15. The quantitative estimate of drug-likeness (QED) is 0.439. The molecule has 0 spiro atoms. The summed E-state index contributed by atoms with van der Waals surface area (Å²) >= 11 is 5.89. The molecule has 5 heteroatoms. The van der Waals surface area contributed by atoms with Gasteiger partial charge >= 0.3 is 11.9 Å². The van der Waals surface area contributed by atoms with Crippen LogP contribution in [-0.4, -0.2) is 31.0 Å². The zero-order valence-electron chi connectivity index (χ0n) is 11.2. The van der Waals surface area contributed by atoms with Crippen molar-refractivity contribution in [2.24, 2.45) is 17.3 Å². The smallest absolute Gasteiger partial charge is 0.323 e. The van der Waals surface area contributed by atoms with Crippen molar-refractivity contribution in [2.75, 3.05) is 19.1 Å². The lowest BCUT2D eigenvalue weighted by Gasteiger charge is -2.24. The molecule has 104 valence electrons. The molecule has 1 saturated carbocycles. The summed E-state index contributed by atoms with van der Waals surface area (Å²) < 4.78 is 10.1. The molecule has 0 aromatic heterocycles. The van der Waals surface area contributed by atoms with Gasteiger partial charge in [0.25, 0.3) is 0 Å². The SMILES string of the molecule is CCOC(=O)C1(C(=O)OCC)CC(C)C(CCl)C1. The molecule has 0 radical (unpaired) electrons. The van der Waals surface area contributed by atoms with Crippen LogP contribution in [0.5, 0.6) is 0 Å². The zero-order valence-corrected chi connectivity index (χ0v) is 12.0. The van der Waals surface area contributed by atoms with Crippen molar-refractivity contribution < 1.29 is 19.1 Å². The molecule has 0 aliphatic heterocycles. The van der Waals surface area contributed by atoms with Crippen LogP contribution in [0.25, 0.3) is 0 Å². The van der Waals surface area contributed by atoms with Gasteiger partial charge in [-0.05, 0) is 38.5 Å². The monoisotopic (exact) mass is 276 g/mol. The van der Waals surface area contributed by atoms with Crippen LogP contribution in [0.2, 0.25) is 0 Å². The second-order valence-corrected chi connectivity index (χ2v) is 5.13. The first kappa shape index (κ1) is 15.3. The minimum Gasteiger partial charge on any atom is -0.465 e. The average molecular weight is 277 g/mol. The van der Waals surface area contributed by atoms with Gasteiger partial charge < -0.3 is 9.47 Å². The van der Waals surface area contributed by atoms with Crippen molar-refractivity contribution in [3.8, 4) is 0 Å². The van der Waals surface area contributed by atoms with Gasteiger partial charge in [-0.2, -0.15) is 0 Å². The van der Waals surface area contributed by atoms with E-state index in [1.165, 1.54) is 0 Å². The van der Waals surface area contributed by atoms with Gasteiger partial charge in [-0.3, -0.25) is 9.59 Å². The fraction of sp³-hybridized carbons (Fsp3) is 0.846. The highest BCUT2D eigenvalue weighted by atomic mass is 35.5. The largest absolute Gasteiger partial charge is 0.465 e. The van der Waals surface area contributed by atoms with Gasteiger partial charge in [0, 0.05) is 5.88 Å². The lowest BCUT2D eigenvalue weighted by atomic mass is 9.85. The van der Waals surface area contributed by atoms with Crippen molar-refractivity contribution in [2.45, 2.75) is 33.6 Å². The van der Waals surface area contributed by atoms with Crippen LogP contribution in [0, 0.1) is 17.3 Å². The van der Waals surface area contributed by atoms with Gasteiger partial charge in [-0.15, -0.1) is 11.6 Å². The molecule has 4 nitrogen and oxygen atoms in total. The maximum absolute atomic E-state index is 12.1. The predicted molar refractivity (Wildman–Crippen MR) is 68.3 cm³/mol. The Labute approximate surface area is 113 Å². The van der Waals surface area contributed by atoms with Gasteiger partial charge in [0.05, 0.1) is 13.2 Å². The molecule has 1 aliphatic carbocycles. The highest BCUT2D eigenvalue weighted by Gasteiger charge is 2.56. The minimum atomic E-state index is -1.15. The molecule has 0 saturated heterocycles. The summed E-state index contributed by atoms with van der Waals surface area (Å²) in [4.78, 5) is 24.2. The van der Waals surface area contributed by atoms with E-state index in [-0.39, 0.29) is 25.0 Å². The molecule has 18 heavy (non-hydrogen) atoms. The van der Waals surface area contributed by atoms with Crippen LogP contribution >= 0.6 is 11.6 Å². The molecular weight excluding hydrogens is 256 g/mol. The maximum Gasteiger partial charge on any atom is 0.323 e. The lowest BCUT2D eigenvalue weighted by Crippen LogP contribution is -2.40. The van der Waals surface area contributed by atoms with Crippen LogP contribution in [0.4, 0.5) is 0 Å². The topological polar surface area (TPSA) is 52.6 Å². The van der Waals surface area contributed by atoms with E-state index in [0.29, 0.717) is 18.7 Å². The summed E-state index contributed by atoms with van der Waals surface area (Å²) in [5, 5.41) is 0. The third-order valence-corrected chi connectivity index (χ3v) is 4.01. The zero-order chi connectivity index (χ0) is 13.8. The first-order valence-electron chi connectivity index (χ1n) is 6.42. The van der Waals surface area contributed by atoms with Crippen molar-refractivity contribution in [1.29, 1.82) is 0 Å². The number of halogens is 1. The van der Waals surface area contributed by atoms with Crippen LogP contribution in [0.1, 0.15) is 33.6 Å². The third kappa shape index (κ3) is 2.79. The number of hydrogen-bond donors (Lipinski definition) is 0. The lowest BCUT2D eigenvalue weighted by molar-refractivity contribution is -0.172. The van der Waals surface area contributed by atoms with Crippen LogP contribution < -0.4 is 0 Å². The molecule has 2 unspecified atom stereocenters. The third-order valence-electron chi connectivity index (χ3n) is 3.62. The second-order valence-electron chi connectivity index (χ2n) is 4.82. The fourth-order valence-corrected chi connectivity index (χ4v) is 3.02. The Morgan fingerprint density at radius 3 is 2.00 bits per heavy atom. The van der Waals surface area contributed by atoms with Crippen molar-refractivity contribution in [3.63, 3.8) is 0 Å². The molecule has 0 N–H and O–H groups in total. The van der Waals surface area contributed by atoms with Gasteiger partial charge in [0.2, 0.25) is 0 Å². The summed E-state index contributed by atoms with van der Waals surface area (Å²) in [7, 11) is 0. The Bertz CT molecular complexity index is 298. The molecule has 0 aromatic rings. The Morgan fingerprint density at radius 2 is 1.67 bits per heavy atom. The molecule has 2 atom stereocenters. The standard InChI is InChI=1S/C13H21ClO4/c1-4-17-11(15)13(12(16)18-5-2)6-9(3)10(7-13)8-14/h9-10H,4-8H2,1-3H3. The van der Waals surface area contributed by atoms with Gasteiger partial charge in [-0.25, -0.2) is 0 Å². The Balaban J connectivity index is 2.96. The number of ether oxygens (including phenoxy) is 2. The normalized spacial score (nSPS) is 25.8. The van der Waals surface area contributed by atoms with Crippen LogP contribution in [0.3, 0.4) is 0 Å². The van der Waals surface area contributed by atoms with Crippen molar-refractivity contribution in [1.82, 2.24) is 0 Å². The van der Waals surface area contributed by atoms with E-state index in [2.05, 4.69) is 0 Å². The molecule has 0 amide bonds. The van der Waals surface area contributed by atoms with Gasteiger partial charge in [0.1, 0.15) is 0 Å². The highest BCUT2D eigenvalue weighted by molar-refractivity contribution is 6.18. The van der Waals surface area contributed by atoms with Crippen molar-refractivity contribution >= 4 is 23.5 Å². The Kier molecular flexibility index (Phi) is 5.45. The van der Waals surface area contributed by atoms with E-state index < -0.39 is 17.4 Å². The summed E-state index contributed by atoms with van der Waals surface area (Å²) in [6.45, 7) is 6.00. The number of alkyl halides is 1. The number of esters is 2. The van der Waals surface area contributed by atoms with E-state index >= 15 is 0 Å². The highest BCUT2D eigenvalue weighted by Crippen LogP contribution is 2.47.